The second kappa shape index (κ2) is 17.0. The van der Waals surface area contributed by atoms with Crippen LogP contribution < -0.4 is 10.2 Å². The number of H-pyrrole nitrogens is 1. The monoisotopic (exact) mass is 586 g/mol. The molecule has 0 aliphatic rings. The van der Waals surface area contributed by atoms with Gasteiger partial charge in [-0.1, -0.05) is 36.4 Å². The van der Waals surface area contributed by atoms with Gasteiger partial charge in [0.15, 0.2) is 0 Å². The first kappa shape index (κ1) is 30.5. The summed E-state index contributed by atoms with van der Waals surface area (Å²) in [5.74, 6) is 0.703. The number of halogens is 3. The van der Waals surface area contributed by atoms with E-state index in [-0.39, 0.29) is 0 Å². The van der Waals surface area contributed by atoms with Gasteiger partial charge in [-0.2, -0.15) is 8.78 Å². The molecule has 0 radical (unpaired) electrons. The molecule has 2 heterocycles. The Hall–Kier alpha value is -2.49. The van der Waals surface area contributed by atoms with E-state index in [2.05, 4.69) is 48.7 Å². The molecule has 186 valence electrons. The lowest BCUT2D eigenvalue weighted by Crippen LogP contribution is -2.29. The fourth-order valence-electron chi connectivity index (χ4n) is 2.34. The van der Waals surface area contributed by atoms with Crippen LogP contribution in [0.2, 0.25) is 0 Å². The third-order valence-corrected chi connectivity index (χ3v) is 4.48. The Morgan fingerprint density at radius 1 is 1.14 bits per heavy atom. The van der Waals surface area contributed by atoms with Crippen LogP contribution in [0.3, 0.4) is 0 Å². The van der Waals surface area contributed by atoms with Gasteiger partial charge in [0.2, 0.25) is 0 Å². The second-order valence-corrected chi connectivity index (χ2v) is 7.12. The molecule has 4 rings (SSSR count). The highest BCUT2D eigenvalue weighted by Crippen LogP contribution is 2.20. The minimum Gasteiger partial charge on any atom is -0.497 e. The van der Waals surface area contributed by atoms with Gasteiger partial charge in [-0.3, -0.25) is 9.36 Å². The van der Waals surface area contributed by atoms with Gasteiger partial charge >= 0.3 is 13.7 Å². The number of alkyl halides is 2. The lowest BCUT2D eigenvalue weighted by molar-refractivity contribution is 0.0702. The predicted octanol–water partition coefficient (Wildman–Crippen LogP) is 3.96. The lowest BCUT2D eigenvalue weighted by atomic mass is 9.80. The minimum atomic E-state index is -2.59. The fraction of sp³-hybridized carbons (Fsp3) is 0.0952. The quantitative estimate of drug-likeness (QED) is 0.185. The van der Waals surface area contributed by atoms with E-state index < -0.39 is 13.7 Å². The first-order valence-electron chi connectivity index (χ1n) is 9.68. The maximum Gasteiger partial charge on any atom is 0.488 e. The standard InChI is InChI=1S/C11H8F2N2O.C7H9BO3.C3H3BrN2.H4P2/c12-11(13)15-5-10(14-7-15)9-3-1-8(6-16)2-4-9;1-11-7-4-2-6(3-5-7)8(9)10;4-3-1-5-2-6-3;1-2/h1-7,11H;2-5,9-10H,1H3;1-2H,(H,5,6);1-2H2. The smallest absolute Gasteiger partial charge is 0.488 e. The number of nitrogens with one attached hydrogen (secondary N) is 1. The summed E-state index contributed by atoms with van der Waals surface area (Å²) in [5, 5.41) is 17.4. The van der Waals surface area contributed by atoms with Crippen LogP contribution in [0.1, 0.15) is 16.9 Å². The van der Waals surface area contributed by atoms with Crippen molar-refractivity contribution in [3.8, 4) is 17.0 Å². The molecule has 0 spiro atoms. The third kappa shape index (κ3) is 11.2. The van der Waals surface area contributed by atoms with Crippen LogP contribution in [0.25, 0.3) is 11.3 Å². The molecule has 2 atom stereocenters. The van der Waals surface area contributed by atoms with Gasteiger partial charge < -0.3 is 19.8 Å². The number of aldehydes is 1. The Kier molecular flexibility index (Phi) is 14.9. The zero-order valence-electron chi connectivity index (χ0n) is 18.5. The van der Waals surface area contributed by atoms with Crippen LogP contribution in [0.4, 0.5) is 8.78 Å². The van der Waals surface area contributed by atoms with Crippen molar-refractivity contribution in [3.05, 3.63) is 83.7 Å². The molecule has 35 heavy (non-hydrogen) atoms. The molecule has 0 bridgehead atoms. The molecule has 0 aliphatic carbocycles. The number of aromatic amines is 1. The summed E-state index contributed by atoms with van der Waals surface area (Å²) in [6.45, 7) is -2.59. The second-order valence-electron chi connectivity index (χ2n) is 6.27. The number of carbonyl (C=O) groups is 1. The molecule has 2 unspecified atom stereocenters. The van der Waals surface area contributed by atoms with Crippen molar-refractivity contribution < 1.29 is 28.4 Å². The van der Waals surface area contributed by atoms with Crippen molar-refractivity contribution in [2.75, 3.05) is 7.11 Å². The molecule has 0 saturated heterocycles. The third-order valence-electron chi connectivity index (χ3n) is 4.05. The number of rotatable bonds is 5. The summed E-state index contributed by atoms with van der Waals surface area (Å²) in [6.07, 6.45) is 6.37. The highest BCUT2D eigenvalue weighted by Gasteiger charge is 2.09. The lowest BCUT2D eigenvalue weighted by Gasteiger charge is -2.00. The molecule has 2 aromatic carbocycles. The molecule has 0 aliphatic heterocycles. The molecule has 14 heteroatoms. The summed E-state index contributed by atoms with van der Waals surface area (Å²) in [5.41, 5.74) is 2.16. The van der Waals surface area contributed by atoms with E-state index in [4.69, 9.17) is 14.8 Å². The molecular formula is C21H24BBrF2N4O4P2. The molecular weight excluding hydrogens is 563 g/mol. The summed E-state index contributed by atoms with van der Waals surface area (Å²) >= 11 is 3.16. The van der Waals surface area contributed by atoms with E-state index in [1.807, 2.05) is 0 Å². The van der Waals surface area contributed by atoms with Gasteiger partial charge in [-0.15, -0.1) is 17.9 Å². The Morgan fingerprint density at radius 3 is 2.14 bits per heavy atom. The molecule has 0 amide bonds. The predicted molar refractivity (Wildman–Crippen MR) is 143 cm³/mol. The number of nitrogens with zero attached hydrogens (tertiary/aromatic N) is 3. The van der Waals surface area contributed by atoms with E-state index in [1.54, 1.807) is 68.2 Å². The van der Waals surface area contributed by atoms with Crippen molar-refractivity contribution in [1.29, 1.82) is 0 Å². The first-order chi connectivity index (χ1) is 16.8. The number of aromatic nitrogens is 4. The maximum absolute atomic E-state index is 12.3. The number of hydrogen-bond donors (Lipinski definition) is 3. The number of hydrogen-bond acceptors (Lipinski definition) is 6. The van der Waals surface area contributed by atoms with Crippen molar-refractivity contribution in [3.63, 3.8) is 0 Å². The summed E-state index contributed by atoms with van der Waals surface area (Å²) < 4.78 is 31.1. The fourth-order valence-corrected chi connectivity index (χ4v) is 2.56. The van der Waals surface area contributed by atoms with Gasteiger partial charge in [-0.05, 0) is 33.5 Å². The number of ether oxygens (including phenoxy) is 1. The number of imidazole rings is 2. The number of carbonyl (C=O) groups excluding carboxylic acids is 1. The zero-order chi connectivity index (χ0) is 26.2. The summed E-state index contributed by atoms with van der Waals surface area (Å²) in [4.78, 5) is 20.8. The maximum atomic E-state index is 12.3. The summed E-state index contributed by atoms with van der Waals surface area (Å²) in [6, 6.07) is 13.1. The molecule has 0 fully saturated rings. The molecule has 8 nitrogen and oxygen atoms in total. The van der Waals surface area contributed by atoms with Crippen LogP contribution in [0.15, 0.2) is 78.2 Å². The molecule has 3 N–H and O–H groups in total. The van der Waals surface area contributed by atoms with Crippen molar-refractivity contribution in [2.45, 2.75) is 6.55 Å². The van der Waals surface area contributed by atoms with Crippen LogP contribution >= 0.6 is 33.8 Å². The Balaban J connectivity index is 0.000000278. The van der Waals surface area contributed by atoms with Gasteiger partial charge in [0.05, 0.1) is 31.7 Å². The SMILES string of the molecule is Brc1cnc[nH]1.COc1ccc(B(O)O)cc1.O=Cc1ccc(-c2cn(C(F)F)cn2)cc1.PP. The molecule has 2 aromatic heterocycles. The first-order valence-corrected chi connectivity index (χ1v) is 13.1. The normalized spacial score (nSPS) is 9.51. The van der Waals surface area contributed by atoms with E-state index in [0.29, 0.717) is 28.0 Å². The molecule has 0 saturated carbocycles. The van der Waals surface area contributed by atoms with Gasteiger partial charge in [0.25, 0.3) is 0 Å². The van der Waals surface area contributed by atoms with Crippen molar-refractivity contribution in [2.24, 2.45) is 0 Å². The van der Waals surface area contributed by atoms with Crippen LogP contribution in [-0.2, 0) is 0 Å². The highest BCUT2D eigenvalue weighted by molar-refractivity contribution is 9.10. The minimum absolute atomic E-state index is 0.456. The number of methoxy groups -OCH3 is 1. The average Bonchev–Trinajstić information content (AvgIpc) is 3.58. The Bertz CT molecular complexity index is 1100. The van der Waals surface area contributed by atoms with Crippen molar-refractivity contribution in [1.82, 2.24) is 19.5 Å². The van der Waals surface area contributed by atoms with E-state index >= 15 is 0 Å². The Morgan fingerprint density at radius 2 is 1.77 bits per heavy atom. The van der Waals surface area contributed by atoms with E-state index in [9.17, 15) is 13.6 Å². The van der Waals surface area contributed by atoms with E-state index in [1.165, 1.54) is 6.20 Å². The topological polar surface area (TPSA) is 113 Å². The average molecular weight is 587 g/mol. The molecule has 4 aromatic rings. The Labute approximate surface area is 214 Å². The zero-order valence-corrected chi connectivity index (χ0v) is 22.4. The van der Waals surface area contributed by atoms with Crippen LogP contribution in [-0.4, -0.2) is 50.1 Å². The van der Waals surface area contributed by atoms with Gasteiger partial charge in [0.1, 0.15) is 16.6 Å². The van der Waals surface area contributed by atoms with E-state index in [0.717, 1.165) is 21.8 Å². The number of benzene rings is 2. The highest BCUT2D eigenvalue weighted by atomic mass is 79.9. The largest absolute Gasteiger partial charge is 0.497 e. The summed E-state index contributed by atoms with van der Waals surface area (Å²) in [7, 11) is 4.82. The van der Waals surface area contributed by atoms with Crippen LogP contribution in [0, 0.1) is 0 Å². The van der Waals surface area contributed by atoms with Crippen molar-refractivity contribution >= 4 is 52.7 Å². The van der Waals surface area contributed by atoms with Gasteiger partial charge in [-0.25, -0.2) is 9.97 Å². The van der Waals surface area contributed by atoms with Crippen LogP contribution in [0.5, 0.6) is 5.75 Å². The van der Waals surface area contributed by atoms with Gasteiger partial charge in [0, 0.05) is 17.3 Å².